The lowest BCUT2D eigenvalue weighted by Crippen LogP contribution is -2.42. The first-order chi connectivity index (χ1) is 7.19. The summed E-state index contributed by atoms with van der Waals surface area (Å²) in [5.41, 5.74) is 1.66. The van der Waals surface area contributed by atoms with E-state index in [9.17, 15) is 14.4 Å². The first-order valence-electron chi connectivity index (χ1n) is 3.90. The van der Waals surface area contributed by atoms with E-state index in [2.05, 4.69) is 5.73 Å². The van der Waals surface area contributed by atoms with Gasteiger partial charge in [0, 0.05) is 0 Å². The fourth-order valence-electron chi connectivity index (χ4n) is 0.714. The number of carboxylic acid groups (broad SMARTS) is 3. The van der Waals surface area contributed by atoms with E-state index in [4.69, 9.17) is 25.5 Å². The fourth-order valence-corrected chi connectivity index (χ4v) is 0.714. The molecule has 0 aromatic carbocycles. The molecule has 0 aliphatic heterocycles. The molecule has 16 heavy (non-hydrogen) atoms. The van der Waals surface area contributed by atoms with Crippen LogP contribution in [0.1, 0.15) is 12.8 Å². The molecule has 9 nitrogen and oxygen atoms in total. The van der Waals surface area contributed by atoms with Gasteiger partial charge in [0.1, 0.15) is 0 Å². The topological polar surface area (TPSA) is 178 Å². The highest BCUT2D eigenvalue weighted by atomic mass is 16.4. The summed E-state index contributed by atoms with van der Waals surface area (Å²) in [5, 5.41) is 41.2. The second-order valence-electron chi connectivity index (χ2n) is 2.66. The SMILES string of the molecule is NCO.O=C(O)CC(O)(CC(=O)O)C(=O)O. The van der Waals surface area contributed by atoms with Crippen molar-refractivity contribution >= 4 is 17.9 Å². The molecule has 0 amide bonds. The average Bonchev–Trinajstić information content (AvgIpc) is 2.01. The van der Waals surface area contributed by atoms with Gasteiger partial charge in [-0.3, -0.25) is 9.59 Å². The van der Waals surface area contributed by atoms with Crippen LogP contribution in [0.4, 0.5) is 0 Å². The van der Waals surface area contributed by atoms with Gasteiger partial charge in [-0.1, -0.05) is 0 Å². The summed E-state index contributed by atoms with van der Waals surface area (Å²) < 4.78 is 0. The zero-order valence-electron chi connectivity index (χ0n) is 8.16. The maximum Gasteiger partial charge on any atom is 0.336 e. The molecule has 0 aliphatic carbocycles. The van der Waals surface area contributed by atoms with Crippen LogP contribution in [0.15, 0.2) is 0 Å². The lowest BCUT2D eigenvalue weighted by Gasteiger charge is -2.18. The van der Waals surface area contributed by atoms with Crippen LogP contribution in [0.2, 0.25) is 0 Å². The Bertz CT molecular complexity index is 247. The molecular formula is C7H13NO8. The highest BCUT2D eigenvalue weighted by Crippen LogP contribution is 2.15. The van der Waals surface area contributed by atoms with Gasteiger partial charge in [-0.2, -0.15) is 0 Å². The number of hydrogen-bond acceptors (Lipinski definition) is 6. The zero-order valence-corrected chi connectivity index (χ0v) is 8.16. The van der Waals surface area contributed by atoms with E-state index in [-0.39, 0.29) is 6.73 Å². The van der Waals surface area contributed by atoms with Crippen molar-refractivity contribution in [2.75, 3.05) is 6.73 Å². The molecule has 0 heterocycles. The number of carbonyl (C=O) groups is 3. The van der Waals surface area contributed by atoms with E-state index in [0.29, 0.717) is 0 Å². The van der Waals surface area contributed by atoms with Crippen LogP contribution in [0.3, 0.4) is 0 Å². The van der Waals surface area contributed by atoms with Crippen molar-refractivity contribution in [3.63, 3.8) is 0 Å². The quantitative estimate of drug-likeness (QED) is 0.286. The predicted octanol–water partition coefficient (Wildman–Crippen LogP) is -2.35. The van der Waals surface area contributed by atoms with Gasteiger partial charge in [0.2, 0.25) is 0 Å². The maximum atomic E-state index is 10.3. The second-order valence-corrected chi connectivity index (χ2v) is 2.66. The van der Waals surface area contributed by atoms with Gasteiger partial charge in [0.25, 0.3) is 0 Å². The molecule has 0 aromatic rings. The normalized spacial score (nSPS) is 9.94. The lowest BCUT2D eigenvalue weighted by atomic mass is 9.96. The minimum Gasteiger partial charge on any atom is -0.481 e. The first-order valence-corrected chi connectivity index (χ1v) is 3.90. The molecule has 0 fully saturated rings. The van der Waals surface area contributed by atoms with Gasteiger partial charge in [-0.05, 0) is 0 Å². The van der Waals surface area contributed by atoms with Crippen molar-refractivity contribution in [3.8, 4) is 0 Å². The van der Waals surface area contributed by atoms with Crippen molar-refractivity contribution in [1.82, 2.24) is 0 Å². The van der Waals surface area contributed by atoms with Crippen LogP contribution in [0, 0.1) is 0 Å². The molecule has 0 bridgehead atoms. The van der Waals surface area contributed by atoms with Crippen LogP contribution in [-0.4, -0.2) is 55.8 Å². The van der Waals surface area contributed by atoms with E-state index in [0.717, 1.165) is 0 Å². The monoisotopic (exact) mass is 239 g/mol. The second kappa shape index (κ2) is 7.56. The Morgan fingerprint density at radius 2 is 1.25 bits per heavy atom. The summed E-state index contributed by atoms with van der Waals surface area (Å²) in [6.07, 6.45) is -2.29. The number of nitrogens with two attached hydrogens (primary N) is 1. The summed E-state index contributed by atoms with van der Waals surface area (Å²) in [7, 11) is 0. The van der Waals surface area contributed by atoms with Gasteiger partial charge >= 0.3 is 17.9 Å². The summed E-state index contributed by atoms with van der Waals surface area (Å²) in [6.45, 7) is -0.250. The number of hydrogen-bond donors (Lipinski definition) is 6. The van der Waals surface area contributed by atoms with E-state index in [1.54, 1.807) is 0 Å². The lowest BCUT2D eigenvalue weighted by molar-refractivity contribution is -0.170. The van der Waals surface area contributed by atoms with Gasteiger partial charge in [0.15, 0.2) is 5.60 Å². The molecule has 9 heteroatoms. The molecule has 0 aliphatic rings. The van der Waals surface area contributed by atoms with Crippen LogP contribution < -0.4 is 5.73 Å². The molecule has 0 spiro atoms. The summed E-state index contributed by atoms with van der Waals surface area (Å²) in [5.74, 6) is -5.02. The third kappa shape index (κ3) is 7.67. The molecule has 94 valence electrons. The number of rotatable bonds is 5. The molecule has 0 aromatic heterocycles. The first kappa shape index (κ1) is 16.7. The van der Waals surface area contributed by atoms with Crippen molar-refractivity contribution < 1.29 is 39.9 Å². The van der Waals surface area contributed by atoms with E-state index in [1.807, 2.05) is 0 Å². The highest BCUT2D eigenvalue weighted by Gasteiger charge is 2.40. The molecule has 0 saturated carbocycles. The number of aliphatic hydroxyl groups is 2. The maximum absolute atomic E-state index is 10.3. The Kier molecular flexibility index (Phi) is 7.90. The third-order valence-corrected chi connectivity index (χ3v) is 1.29. The zero-order chi connectivity index (χ0) is 13.4. The van der Waals surface area contributed by atoms with E-state index < -0.39 is 36.4 Å². The van der Waals surface area contributed by atoms with Crippen LogP contribution in [0.5, 0.6) is 0 Å². The van der Waals surface area contributed by atoms with Gasteiger partial charge in [-0.25, -0.2) is 4.79 Å². The molecular weight excluding hydrogens is 226 g/mol. The Balaban J connectivity index is 0. The standard InChI is InChI=1S/C6H8O7.CH5NO/c7-3(8)1-6(13,5(11)12)2-4(9)10;2-1-3/h13H,1-2H2,(H,7,8)(H,9,10)(H,11,12);3H,1-2H2. The summed E-state index contributed by atoms with van der Waals surface area (Å²) in [4.78, 5) is 30.5. The molecule has 0 atom stereocenters. The Labute approximate surface area is 89.7 Å². The van der Waals surface area contributed by atoms with Crippen molar-refractivity contribution in [1.29, 1.82) is 0 Å². The van der Waals surface area contributed by atoms with Gasteiger partial charge in [-0.15, -0.1) is 0 Å². The largest absolute Gasteiger partial charge is 0.481 e. The fraction of sp³-hybridized carbons (Fsp3) is 0.571. The van der Waals surface area contributed by atoms with Crippen molar-refractivity contribution in [3.05, 3.63) is 0 Å². The minimum atomic E-state index is -2.74. The van der Waals surface area contributed by atoms with E-state index in [1.165, 1.54) is 0 Å². The molecule has 7 N–H and O–H groups in total. The average molecular weight is 239 g/mol. The van der Waals surface area contributed by atoms with Crippen LogP contribution >= 0.6 is 0 Å². The number of aliphatic carboxylic acids is 3. The third-order valence-electron chi connectivity index (χ3n) is 1.29. The molecule has 0 saturated heterocycles. The molecule has 0 rings (SSSR count). The summed E-state index contributed by atoms with van der Waals surface area (Å²) in [6, 6.07) is 0. The smallest absolute Gasteiger partial charge is 0.336 e. The number of aliphatic hydroxyl groups excluding tert-OH is 1. The molecule has 0 radical (unpaired) electrons. The molecule has 0 unspecified atom stereocenters. The Morgan fingerprint density at radius 3 is 1.38 bits per heavy atom. The van der Waals surface area contributed by atoms with Gasteiger partial charge < -0.3 is 31.3 Å². The highest BCUT2D eigenvalue weighted by molar-refractivity contribution is 5.88. The predicted molar refractivity (Wildman–Crippen MR) is 48.4 cm³/mol. The van der Waals surface area contributed by atoms with Crippen LogP contribution in [-0.2, 0) is 14.4 Å². The van der Waals surface area contributed by atoms with E-state index >= 15 is 0 Å². The number of carboxylic acids is 3. The van der Waals surface area contributed by atoms with Crippen molar-refractivity contribution in [2.24, 2.45) is 5.73 Å². The minimum absolute atomic E-state index is 0.250. The van der Waals surface area contributed by atoms with Crippen LogP contribution in [0.25, 0.3) is 0 Å². The van der Waals surface area contributed by atoms with Crippen molar-refractivity contribution in [2.45, 2.75) is 18.4 Å². The summed E-state index contributed by atoms with van der Waals surface area (Å²) >= 11 is 0. The Morgan fingerprint density at radius 1 is 1.00 bits per heavy atom. The Hall–Kier alpha value is -1.71. The van der Waals surface area contributed by atoms with Gasteiger partial charge in [0.05, 0.1) is 19.6 Å².